The van der Waals surface area contributed by atoms with E-state index in [-0.39, 0.29) is 0 Å². The Bertz CT molecular complexity index is 376. The average molecular weight is 161 g/mol. The third kappa shape index (κ3) is 1.16. The number of rotatable bonds is 2. The van der Waals surface area contributed by atoms with E-state index in [2.05, 4.69) is 6.07 Å². The van der Waals surface area contributed by atoms with E-state index in [4.69, 9.17) is 9.15 Å². The summed E-state index contributed by atoms with van der Waals surface area (Å²) < 4.78 is 10.5. The van der Waals surface area contributed by atoms with Gasteiger partial charge in [0.15, 0.2) is 0 Å². The summed E-state index contributed by atoms with van der Waals surface area (Å²) in [4.78, 5) is 0. The molecule has 0 spiro atoms. The first-order valence-corrected chi connectivity index (χ1v) is 3.92. The Labute approximate surface area is 70.8 Å². The van der Waals surface area contributed by atoms with Gasteiger partial charge in [-0.05, 0) is 25.1 Å². The number of hydrogen-bond acceptors (Lipinski definition) is 2. The first kappa shape index (κ1) is 7.22. The number of ether oxygens (including phenoxy) is 1. The zero-order valence-electron chi connectivity index (χ0n) is 6.83. The molecule has 2 rings (SSSR count). The Balaban J connectivity index is 2.46. The highest BCUT2D eigenvalue weighted by Gasteiger charge is 1.98. The summed E-state index contributed by atoms with van der Waals surface area (Å²) in [6.07, 6.45) is 1.56. The molecule has 0 atom stereocenters. The summed E-state index contributed by atoms with van der Waals surface area (Å²) in [7, 11) is 0. The van der Waals surface area contributed by atoms with E-state index < -0.39 is 0 Å². The fourth-order valence-electron chi connectivity index (χ4n) is 1.14. The van der Waals surface area contributed by atoms with Crippen molar-refractivity contribution in [3.63, 3.8) is 0 Å². The maximum Gasteiger partial charge on any atom is 0.134 e. The topological polar surface area (TPSA) is 22.4 Å². The second-order valence-electron chi connectivity index (χ2n) is 2.47. The summed E-state index contributed by atoms with van der Waals surface area (Å²) in [5, 5.41) is 0.959. The van der Waals surface area contributed by atoms with Gasteiger partial charge in [-0.2, -0.15) is 0 Å². The maximum atomic E-state index is 5.32. The summed E-state index contributed by atoms with van der Waals surface area (Å²) in [5.74, 6) is 0.864. The largest absolute Gasteiger partial charge is 0.494 e. The van der Waals surface area contributed by atoms with Crippen LogP contribution in [0.1, 0.15) is 6.92 Å². The molecule has 1 radical (unpaired) electrons. The summed E-state index contributed by atoms with van der Waals surface area (Å²) in [6.45, 7) is 2.65. The molecule has 1 heterocycles. The third-order valence-electron chi connectivity index (χ3n) is 1.66. The lowest BCUT2D eigenvalue weighted by atomic mass is 10.2. The number of benzene rings is 1. The van der Waals surface area contributed by atoms with Crippen LogP contribution in [0.15, 0.2) is 28.9 Å². The van der Waals surface area contributed by atoms with Crippen LogP contribution in [0.3, 0.4) is 0 Å². The molecule has 0 saturated carbocycles. The Morgan fingerprint density at radius 3 is 3.25 bits per heavy atom. The van der Waals surface area contributed by atoms with E-state index in [9.17, 15) is 0 Å². The summed E-state index contributed by atoms with van der Waals surface area (Å²) in [6, 6.07) is 8.67. The van der Waals surface area contributed by atoms with Gasteiger partial charge in [0.2, 0.25) is 0 Å². The Morgan fingerprint density at radius 2 is 2.42 bits per heavy atom. The molecule has 0 aliphatic heterocycles. The monoisotopic (exact) mass is 161 g/mol. The van der Waals surface area contributed by atoms with Crippen LogP contribution in [0.2, 0.25) is 0 Å². The smallest absolute Gasteiger partial charge is 0.134 e. The molecule has 0 N–H and O–H groups in total. The first-order chi connectivity index (χ1) is 5.90. The summed E-state index contributed by atoms with van der Waals surface area (Å²) >= 11 is 0. The Hall–Kier alpha value is -1.44. The second kappa shape index (κ2) is 2.89. The van der Waals surface area contributed by atoms with Crippen LogP contribution in [-0.4, -0.2) is 6.61 Å². The number of fused-ring (bicyclic) bond motifs is 1. The van der Waals surface area contributed by atoms with Crippen molar-refractivity contribution in [1.82, 2.24) is 0 Å². The van der Waals surface area contributed by atoms with Gasteiger partial charge in [-0.3, -0.25) is 0 Å². The predicted octanol–water partition coefficient (Wildman–Crippen LogP) is 2.63. The lowest BCUT2D eigenvalue weighted by molar-refractivity contribution is 0.340. The van der Waals surface area contributed by atoms with Crippen LogP contribution >= 0.6 is 0 Å². The molecule has 2 nitrogen and oxygen atoms in total. The quantitative estimate of drug-likeness (QED) is 0.675. The van der Waals surface area contributed by atoms with Gasteiger partial charge in [0.25, 0.3) is 0 Å². The lowest BCUT2D eigenvalue weighted by Gasteiger charge is -2.00. The van der Waals surface area contributed by atoms with Crippen LogP contribution in [0, 0.1) is 6.07 Å². The van der Waals surface area contributed by atoms with E-state index in [1.165, 1.54) is 0 Å². The van der Waals surface area contributed by atoms with E-state index in [0.717, 1.165) is 16.7 Å². The van der Waals surface area contributed by atoms with Gasteiger partial charge in [0, 0.05) is 11.5 Å². The molecule has 0 saturated heterocycles. The fraction of sp³-hybridized carbons (Fsp3) is 0.200. The number of hydrogen-bond donors (Lipinski definition) is 0. The average Bonchev–Trinajstić information content (AvgIpc) is 2.51. The van der Waals surface area contributed by atoms with Crippen molar-refractivity contribution < 1.29 is 9.15 Å². The van der Waals surface area contributed by atoms with Gasteiger partial charge < -0.3 is 9.15 Å². The van der Waals surface area contributed by atoms with Crippen molar-refractivity contribution in [3.8, 4) is 5.75 Å². The molecule has 0 unspecified atom stereocenters. The molecule has 2 heteroatoms. The molecule has 61 valence electrons. The summed E-state index contributed by atoms with van der Waals surface area (Å²) in [5.41, 5.74) is 0.846. The van der Waals surface area contributed by atoms with Gasteiger partial charge in [-0.25, -0.2) is 0 Å². The van der Waals surface area contributed by atoms with E-state index in [1.807, 2.05) is 25.1 Å². The molecule has 1 aromatic carbocycles. The van der Waals surface area contributed by atoms with Crippen LogP contribution in [0.25, 0.3) is 11.0 Å². The fourth-order valence-corrected chi connectivity index (χ4v) is 1.14. The Morgan fingerprint density at radius 1 is 1.50 bits per heavy atom. The van der Waals surface area contributed by atoms with Crippen molar-refractivity contribution in [2.75, 3.05) is 6.61 Å². The molecule has 12 heavy (non-hydrogen) atoms. The predicted molar refractivity (Wildman–Crippen MR) is 46.2 cm³/mol. The van der Waals surface area contributed by atoms with Crippen molar-refractivity contribution in [2.45, 2.75) is 6.92 Å². The maximum absolute atomic E-state index is 5.32. The van der Waals surface area contributed by atoms with E-state index >= 15 is 0 Å². The zero-order valence-corrected chi connectivity index (χ0v) is 6.83. The molecular weight excluding hydrogens is 152 g/mol. The van der Waals surface area contributed by atoms with E-state index in [0.29, 0.717) is 6.61 Å². The molecule has 0 fully saturated rings. The lowest BCUT2D eigenvalue weighted by Crippen LogP contribution is -1.89. The van der Waals surface area contributed by atoms with Gasteiger partial charge >= 0.3 is 0 Å². The van der Waals surface area contributed by atoms with Gasteiger partial charge in [-0.1, -0.05) is 0 Å². The van der Waals surface area contributed by atoms with Crippen molar-refractivity contribution in [2.24, 2.45) is 0 Å². The highest BCUT2D eigenvalue weighted by atomic mass is 16.5. The molecule has 0 aliphatic rings. The minimum atomic E-state index is 0.684. The standard InChI is InChI=1S/C10H9O2/c1-2-11-9-3-4-10-8(7-9)5-6-12-10/h3-4,6-7H,2H2,1H3. The SMILES string of the molecule is CCOc1ccc2oc[c]c2c1. The van der Waals surface area contributed by atoms with Crippen molar-refractivity contribution in [3.05, 3.63) is 30.5 Å². The molecule has 0 amide bonds. The molecule has 2 aromatic rings. The van der Waals surface area contributed by atoms with Crippen LogP contribution in [0.4, 0.5) is 0 Å². The van der Waals surface area contributed by atoms with Gasteiger partial charge in [-0.15, -0.1) is 0 Å². The van der Waals surface area contributed by atoms with Crippen LogP contribution in [0.5, 0.6) is 5.75 Å². The number of furan rings is 1. The normalized spacial score (nSPS) is 10.4. The van der Waals surface area contributed by atoms with Crippen molar-refractivity contribution in [1.29, 1.82) is 0 Å². The Kier molecular flexibility index (Phi) is 1.74. The first-order valence-electron chi connectivity index (χ1n) is 3.92. The second-order valence-corrected chi connectivity index (χ2v) is 2.47. The third-order valence-corrected chi connectivity index (χ3v) is 1.66. The highest BCUT2D eigenvalue weighted by molar-refractivity contribution is 5.77. The molecule has 0 bridgehead atoms. The van der Waals surface area contributed by atoms with Gasteiger partial charge in [0.1, 0.15) is 11.3 Å². The van der Waals surface area contributed by atoms with E-state index in [1.54, 1.807) is 6.26 Å². The van der Waals surface area contributed by atoms with Crippen LogP contribution in [-0.2, 0) is 0 Å². The van der Waals surface area contributed by atoms with Crippen LogP contribution < -0.4 is 4.74 Å². The molecule has 1 aromatic heterocycles. The highest BCUT2D eigenvalue weighted by Crippen LogP contribution is 2.20. The molecule has 0 aliphatic carbocycles. The molecular formula is C10H9O2. The minimum Gasteiger partial charge on any atom is -0.494 e. The zero-order chi connectivity index (χ0) is 8.39. The minimum absolute atomic E-state index is 0.684. The van der Waals surface area contributed by atoms with Crippen molar-refractivity contribution >= 4 is 11.0 Å². The van der Waals surface area contributed by atoms with Gasteiger partial charge in [0.05, 0.1) is 12.9 Å².